The molecular formula is C9H16N2O. The van der Waals surface area contributed by atoms with Gasteiger partial charge < -0.3 is 10.6 Å². The van der Waals surface area contributed by atoms with E-state index in [1.807, 2.05) is 4.90 Å². The molecule has 2 N–H and O–H groups in total. The number of nitrogens with two attached hydrogens (primary N) is 1. The molecule has 2 rings (SSSR count). The Kier molecular flexibility index (Phi) is 2.05. The third kappa shape index (κ3) is 1.78. The van der Waals surface area contributed by atoms with E-state index in [0.717, 1.165) is 25.9 Å². The molecule has 1 saturated carbocycles. The van der Waals surface area contributed by atoms with Gasteiger partial charge in [-0.1, -0.05) is 0 Å². The van der Waals surface area contributed by atoms with Crippen LogP contribution in [0.15, 0.2) is 0 Å². The molecule has 1 atom stereocenters. The molecule has 0 radical (unpaired) electrons. The molecule has 0 aromatic heterocycles. The van der Waals surface area contributed by atoms with Crippen LogP contribution in [-0.4, -0.2) is 29.9 Å². The number of likely N-dealkylation sites (tertiary alicyclic amines) is 1. The number of carbonyl (C=O) groups is 1. The summed E-state index contributed by atoms with van der Waals surface area (Å²) in [6, 6.07) is 0.230. The summed E-state index contributed by atoms with van der Waals surface area (Å²) in [6.45, 7) is 1.66. The third-order valence-corrected chi connectivity index (χ3v) is 2.74. The van der Waals surface area contributed by atoms with E-state index < -0.39 is 0 Å². The second-order valence-electron chi connectivity index (χ2n) is 4.04. The van der Waals surface area contributed by atoms with Gasteiger partial charge in [-0.05, 0) is 25.2 Å². The van der Waals surface area contributed by atoms with Crippen LogP contribution in [0, 0.1) is 5.92 Å². The standard InChI is InChI=1S/C9H16N2O/c10-8-3-4-11(6-8)9(12)5-7-1-2-7/h7-8H,1-6,10H2/t8-/m0/s1. The van der Waals surface area contributed by atoms with Gasteiger partial charge in [0.2, 0.25) is 5.91 Å². The largest absolute Gasteiger partial charge is 0.341 e. The average Bonchev–Trinajstić information content (AvgIpc) is 2.72. The highest BCUT2D eigenvalue weighted by Crippen LogP contribution is 2.33. The number of carbonyl (C=O) groups excluding carboxylic acids is 1. The summed E-state index contributed by atoms with van der Waals surface area (Å²) in [6.07, 6.45) is 4.26. The number of rotatable bonds is 2. The maximum Gasteiger partial charge on any atom is 0.222 e. The van der Waals surface area contributed by atoms with Crippen LogP contribution in [0.2, 0.25) is 0 Å². The zero-order chi connectivity index (χ0) is 8.55. The van der Waals surface area contributed by atoms with Gasteiger partial charge in [-0.3, -0.25) is 4.79 Å². The van der Waals surface area contributed by atoms with Crippen molar-refractivity contribution in [2.75, 3.05) is 13.1 Å². The van der Waals surface area contributed by atoms with Crippen LogP contribution in [0.1, 0.15) is 25.7 Å². The molecule has 0 aromatic rings. The molecule has 1 heterocycles. The quantitative estimate of drug-likeness (QED) is 0.646. The fraction of sp³-hybridized carbons (Fsp3) is 0.889. The van der Waals surface area contributed by atoms with Gasteiger partial charge >= 0.3 is 0 Å². The molecule has 3 heteroatoms. The van der Waals surface area contributed by atoms with Crippen molar-refractivity contribution in [2.24, 2.45) is 11.7 Å². The number of amides is 1. The zero-order valence-corrected chi connectivity index (χ0v) is 7.33. The first-order chi connectivity index (χ1) is 5.75. The van der Waals surface area contributed by atoms with Gasteiger partial charge in [0.05, 0.1) is 0 Å². The maximum atomic E-state index is 11.5. The van der Waals surface area contributed by atoms with Gasteiger partial charge in [-0.25, -0.2) is 0 Å². The summed E-state index contributed by atoms with van der Waals surface area (Å²) in [5, 5.41) is 0. The first kappa shape index (κ1) is 8.05. The fourth-order valence-corrected chi connectivity index (χ4v) is 1.71. The highest BCUT2D eigenvalue weighted by atomic mass is 16.2. The molecule has 1 saturated heterocycles. The van der Waals surface area contributed by atoms with Crippen molar-refractivity contribution in [3.8, 4) is 0 Å². The zero-order valence-electron chi connectivity index (χ0n) is 7.33. The molecule has 0 bridgehead atoms. The lowest BCUT2D eigenvalue weighted by Crippen LogP contribution is -2.31. The van der Waals surface area contributed by atoms with Gasteiger partial charge in [-0.2, -0.15) is 0 Å². The van der Waals surface area contributed by atoms with E-state index >= 15 is 0 Å². The van der Waals surface area contributed by atoms with Crippen molar-refractivity contribution in [3.63, 3.8) is 0 Å². The topological polar surface area (TPSA) is 46.3 Å². The minimum Gasteiger partial charge on any atom is -0.341 e. The van der Waals surface area contributed by atoms with E-state index in [-0.39, 0.29) is 6.04 Å². The minimum absolute atomic E-state index is 0.230. The first-order valence-corrected chi connectivity index (χ1v) is 4.79. The first-order valence-electron chi connectivity index (χ1n) is 4.79. The molecule has 1 amide bonds. The Morgan fingerprint density at radius 2 is 2.17 bits per heavy atom. The van der Waals surface area contributed by atoms with E-state index in [1.54, 1.807) is 0 Å². The van der Waals surface area contributed by atoms with Gasteiger partial charge in [0, 0.05) is 25.6 Å². The average molecular weight is 168 g/mol. The van der Waals surface area contributed by atoms with Crippen LogP contribution < -0.4 is 5.73 Å². The van der Waals surface area contributed by atoms with Gasteiger partial charge in [-0.15, -0.1) is 0 Å². The van der Waals surface area contributed by atoms with Crippen LogP contribution >= 0.6 is 0 Å². The molecule has 0 aromatic carbocycles. The van der Waals surface area contributed by atoms with E-state index in [2.05, 4.69) is 0 Å². The van der Waals surface area contributed by atoms with Crippen molar-refractivity contribution >= 4 is 5.91 Å². The Labute approximate surface area is 72.9 Å². The third-order valence-electron chi connectivity index (χ3n) is 2.74. The highest BCUT2D eigenvalue weighted by molar-refractivity contribution is 5.77. The predicted molar refractivity (Wildman–Crippen MR) is 46.5 cm³/mol. The fourth-order valence-electron chi connectivity index (χ4n) is 1.71. The van der Waals surface area contributed by atoms with Crippen molar-refractivity contribution in [3.05, 3.63) is 0 Å². The van der Waals surface area contributed by atoms with Crippen LogP contribution in [0.25, 0.3) is 0 Å². The van der Waals surface area contributed by atoms with Gasteiger partial charge in [0.25, 0.3) is 0 Å². The molecule has 2 aliphatic rings. The monoisotopic (exact) mass is 168 g/mol. The van der Waals surface area contributed by atoms with E-state index in [9.17, 15) is 4.79 Å². The summed E-state index contributed by atoms with van der Waals surface area (Å²) >= 11 is 0. The Bertz CT molecular complexity index is 189. The molecule has 68 valence electrons. The van der Waals surface area contributed by atoms with E-state index in [1.165, 1.54) is 12.8 Å². The molecule has 0 spiro atoms. The molecule has 2 fully saturated rings. The number of hydrogen-bond acceptors (Lipinski definition) is 2. The lowest BCUT2D eigenvalue weighted by atomic mass is 10.2. The molecule has 12 heavy (non-hydrogen) atoms. The predicted octanol–water partition coefficient (Wildman–Crippen LogP) is 0.346. The molecule has 1 aliphatic carbocycles. The Morgan fingerprint density at radius 1 is 1.42 bits per heavy atom. The Hall–Kier alpha value is -0.570. The van der Waals surface area contributed by atoms with Crippen molar-refractivity contribution in [1.29, 1.82) is 0 Å². The van der Waals surface area contributed by atoms with Crippen molar-refractivity contribution < 1.29 is 4.79 Å². The Balaban J connectivity index is 1.79. The van der Waals surface area contributed by atoms with Crippen molar-refractivity contribution in [2.45, 2.75) is 31.7 Å². The second-order valence-corrected chi connectivity index (χ2v) is 4.04. The molecule has 1 aliphatic heterocycles. The van der Waals surface area contributed by atoms with E-state index in [0.29, 0.717) is 11.8 Å². The summed E-state index contributed by atoms with van der Waals surface area (Å²) < 4.78 is 0. The van der Waals surface area contributed by atoms with Crippen LogP contribution in [-0.2, 0) is 4.79 Å². The molecule has 3 nitrogen and oxygen atoms in total. The van der Waals surface area contributed by atoms with Crippen LogP contribution in [0.4, 0.5) is 0 Å². The SMILES string of the molecule is N[C@H]1CCN(C(=O)CC2CC2)C1. The number of hydrogen-bond donors (Lipinski definition) is 1. The normalized spacial score (nSPS) is 29.4. The highest BCUT2D eigenvalue weighted by Gasteiger charge is 2.29. The molecule has 0 unspecified atom stereocenters. The number of nitrogens with zero attached hydrogens (tertiary/aromatic N) is 1. The van der Waals surface area contributed by atoms with Crippen LogP contribution in [0.3, 0.4) is 0 Å². The smallest absolute Gasteiger partial charge is 0.222 e. The summed E-state index contributed by atoms with van der Waals surface area (Å²) in [5.74, 6) is 1.03. The van der Waals surface area contributed by atoms with Crippen molar-refractivity contribution in [1.82, 2.24) is 4.90 Å². The maximum absolute atomic E-state index is 11.5. The van der Waals surface area contributed by atoms with Crippen LogP contribution in [0.5, 0.6) is 0 Å². The Morgan fingerprint density at radius 3 is 2.67 bits per heavy atom. The summed E-state index contributed by atoms with van der Waals surface area (Å²) in [5.41, 5.74) is 5.72. The lowest BCUT2D eigenvalue weighted by Gasteiger charge is -2.14. The van der Waals surface area contributed by atoms with E-state index in [4.69, 9.17) is 5.73 Å². The molecular weight excluding hydrogens is 152 g/mol. The minimum atomic E-state index is 0.230. The lowest BCUT2D eigenvalue weighted by molar-refractivity contribution is -0.130. The summed E-state index contributed by atoms with van der Waals surface area (Å²) in [7, 11) is 0. The second kappa shape index (κ2) is 3.05. The van der Waals surface area contributed by atoms with Gasteiger partial charge in [0.15, 0.2) is 0 Å². The van der Waals surface area contributed by atoms with Gasteiger partial charge in [0.1, 0.15) is 0 Å². The summed E-state index contributed by atoms with van der Waals surface area (Å²) in [4.78, 5) is 13.4.